The van der Waals surface area contributed by atoms with Gasteiger partial charge in [0, 0.05) is 36.1 Å². The number of benzene rings is 3. The van der Waals surface area contributed by atoms with Gasteiger partial charge in [-0.05, 0) is 66.7 Å². The largest absolute Gasteiger partial charge is 0.481 e. The predicted molar refractivity (Wildman–Crippen MR) is 136 cm³/mol. The fourth-order valence-electron chi connectivity index (χ4n) is 3.82. The Hall–Kier alpha value is -4.73. The lowest BCUT2D eigenvalue weighted by atomic mass is 10.1. The number of aliphatic carboxylic acids is 1. The van der Waals surface area contributed by atoms with Gasteiger partial charge in [0.15, 0.2) is 0 Å². The highest BCUT2D eigenvalue weighted by atomic mass is 19.1. The number of hydrogen-bond donors (Lipinski definition) is 4. The SMILES string of the molecule is Cn1c(CNc2ccc(C(=N)N)cc2)nc2cc(C(=O)N(CCC(=O)O)c3ccc(F)cc3)ccc21. The molecule has 0 unspecified atom stereocenters. The maximum Gasteiger partial charge on any atom is 0.305 e. The van der Waals surface area contributed by atoms with Crippen molar-refractivity contribution < 1.29 is 19.1 Å². The number of nitrogens with zero attached hydrogens (tertiary/aromatic N) is 3. The van der Waals surface area contributed by atoms with Crippen LogP contribution in [0.1, 0.15) is 28.2 Å². The zero-order chi connectivity index (χ0) is 25.8. The Morgan fingerprint density at radius 2 is 1.75 bits per heavy atom. The van der Waals surface area contributed by atoms with Crippen molar-refractivity contribution in [2.45, 2.75) is 13.0 Å². The molecule has 3 aromatic carbocycles. The molecule has 10 heteroatoms. The zero-order valence-corrected chi connectivity index (χ0v) is 19.5. The second kappa shape index (κ2) is 10.3. The Morgan fingerprint density at radius 1 is 1.08 bits per heavy atom. The van der Waals surface area contributed by atoms with Crippen LogP contribution in [0.5, 0.6) is 0 Å². The molecule has 36 heavy (non-hydrogen) atoms. The number of imidazole rings is 1. The van der Waals surface area contributed by atoms with Gasteiger partial charge < -0.3 is 25.6 Å². The summed E-state index contributed by atoms with van der Waals surface area (Å²) in [6.45, 7) is 0.367. The number of aryl methyl sites for hydroxylation is 1. The molecule has 0 bridgehead atoms. The van der Waals surface area contributed by atoms with Gasteiger partial charge in [-0.2, -0.15) is 0 Å². The summed E-state index contributed by atoms with van der Waals surface area (Å²) in [5, 5.41) is 19.9. The maximum atomic E-state index is 13.4. The van der Waals surface area contributed by atoms with Crippen LogP contribution in [0.25, 0.3) is 11.0 Å². The number of amidine groups is 1. The van der Waals surface area contributed by atoms with Crippen molar-refractivity contribution >= 4 is 40.1 Å². The normalized spacial score (nSPS) is 10.8. The van der Waals surface area contributed by atoms with E-state index in [0.717, 1.165) is 17.0 Å². The van der Waals surface area contributed by atoms with Crippen LogP contribution in [-0.2, 0) is 18.4 Å². The van der Waals surface area contributed by atoms with Crippen molar-refractivity contribution in [1.82, 2.24) is 9.55 Å². The number of anilines is 2. The zero-order valence-electron chi connectivity index (χ0n) is 19.5. The molecular weight excluding hydrogens is 463 g/mol. The van der Waals surface area contributed by atoms with Crippen LogP contribution in [0, 0.1) is 11.2 Å². The van der Waals surface area contributed by atoms with Gasteiger partial charge in [0.05, 0.1) is 24.0 Å². The van der Waals surface area contributed by atoms with E-state index in [9.17, 15) is 14.0 Å². The fraction of sp³-hybridized carbons (Fsp3) is 0.154. The minimum Gasteiger partial charge on any atom is -0.481 e. The molecule has 0 fully saturated rings. The number of nitrogens with two attached hydrogens (primary N) is 1. The molecule has 0 aliphatic heterocycles. The summed E-state index contributed by atoms with van der Waals surface area (Å²) >= 11 is 0. The van der Waals surface area contributed by atoms with Crippen LogP contribution in [0.15, 0.2) is 66.7 Å². The minimum absolute atomic E-state index is 0.00297. The number of halogens is 1. The van der Waals surface area contributed by atoms with Crippen molar-refractivity contribution in [3.63, 3.8) is 0 Å². The van der Waals surface area contributed by atoms with Gasteiger partial charge in [0.25, 0.3) is 5.91 Å². The summed E-state index contributed by atoms with van der Waals surface area (Å²) in [5.74, 6) is -1.14. The molecule has 1 aromatic heterocycles. The van der Waals surface area contributed by atoms with Crippen LogP contribution in [0.4, 0.5) is 15.8 Å². The first-order valence-corrected chi connectivity index (χ1v) is 11.2. The standard InChI is InChI=1S/C26H25FN6O3/c1-32-22-11-4-17(26(36)33(13-12-24(34)35)20-9-5-18(27)6-10-20)14-21(22)31-23(32)15-30-19-7-2-16(3-8-19)25(28)29/h2-11,14,30H,12-13,15H2,1H3,(H3,28,29)(H,34,35). The fourth-order valence-corrected chi connectivity index (χ4v) is 3.82. The number of rotatable bonds is 9. The Labute approximate surface area is 206 Å². The minimum atomic E-state index is -1.04. The van der Waals surface area contributed by atoms with E-state index in [0.29, 0.717) is 28.9 Å². The third-order valence-electron chi connectivity index (χ3n) is 5.80. The highest BCUT2D eigenvalue weighted by molar-refractivity contribution is 6.07. The van der Waals surface area contributed by atoms with E-state index in [1.54, 1.807) is 30.3 Å². The quantitative estimate of drug-likeness (QED) is 0.209. The molecule has 0 spiro atoms. The van der Waals surface area contributed by atoms with E-state index in [1.807, 2.05) is 23.7 Å². The maximum absolute atomic E-state index is 13.4. The van der Waals surface area contributed by atoms with E-state index >= 15 is 0 Å². The Morgan fingerprint density at radius 3 is 2.39 bits per heavy atom. The molecule has 5 N–H and O–H groups in total. The number of aromatic nitrogens is 2. The average molecular weight is 489 g/mol. The number of carbonyl (C=O) groups is 2. The third kappa shape index (κ3) is 5.33. The number of carboxylic acids is 1. The number of amides is 1. The average Bonchev–Trinajstić information content (AvgIpc) is 3.18. The molecule has 1 amide bonds. The van der Waals surface area contributed by atoms with Gasteiger partial charge in [0.1, 0.15) is 17.5 Å². The van der Waals surface area contributed by atoms with Crippen molar-refractivity contribution in [2.75, 3.05) is 16.8 Å². The number of fused-ring (bicyclic) bond motifs is 1. The second-order valence-corrected chi connectivity index (χ2v) is 8.21. The highest BCUT2D eigenvalue weighted by Crippen LogP contribution is 2.22. The summed E-state index contributed by atoms with van der Waals surface area (Å²) in [6.07, 6.45) is -0.252. The van der Waals surface area contributed by atoms with Gasteiger partial charge in [0.2, 0.25) is 0 Å². The topological polar surface area (TPSA) is 137 Å². The number of hydrogen-bond acceptors (Lipinski definition) is 5. The van der Waals surface area contributed by atoms with Crippen molar-refractivity contribution in [3.05, 3.63) is 89.5 Å². The highest BCUT2D eigenvalue weighted by Gasteiger charge is 2.20. The molecular formula is C26H25FN6O3. The van der Waals surface area contributed by atoms with E-state index in [2.05, 4.69) is 10.3 Å². The monoisotopic (exact) mass is 488 g/mol. The van der Waals surface area contributed by atoms with Gasteiger partial charge in [-0.3, -0.25) is 15.0 Å². The van der Waals surface area contributed by atoms with Crippen LogP contribution in [0.3, 0.4) is 0 Å². The van der Waals surface area contributed by atoms with E-state index < -0.39 is 17.7 Å². The number of nitrogens with one attached hydrogen (secondary N) is 2. The Bertz CT molecular complexity index is 1430. The number of carbonyl (C=O) groups excluding carboxylic acids is 1. The first-order chi connectivity index (χ1) is 17.2. The van der Waals surface area contributed by atoms with Crippen LogP contribution < -0.4 is 16.0 Å². The van der Waals surface area contributed by atoms with Gasteiger partial charge >= 0.3 is 5.97 Å². The molecule has 9 nitrogen and oxygen atoms in total. The molecule has 0 atom stereocenters. The van der Waals surface area contributed by atoms with Crippen LogP contribution in [0.2, 0.25) is 0 Å². The molecule has 0 aliphatic rings. The first-order valence-electron chi connectivity index (χ1n) is 11.2. The van der Waals surface area contributed by atoms with E-state index in [4.69, 9.17) is 16.2 Å². The van der Waals surface area contributed by atoms with Gasteiger partial charge in [-0.15, -0.1) is 0 Å². The Kier molecular flexibility index (Phi) is 6.95. The molecule has 0 saturated carbocycles. The molecule has 0 saturated heterocycles. The van der Waals surface area contributed by atoms with Gasteiger partial charge in [-0.25, -0.2) is 9.37 Å². The summed E-state index contributed by atoms with van der Waals surface area (Å²) in [6, 6.07) is 17.7. The predicted octanol–water partition coefficient (Wildman–Crippen LogP) is 3.73. The summed E-state index contributed by atoms with van der Waals surface area (Å²) in [7, 11) is 1.88. The summed E-state index contributed by atoms with van der Waals surface area (Å²) < 4.78 is 15.3. The van der Waals surface area contributed by atoms with E-state index in [-0.39, 0.29) is 18.8 Å². The second-order valence-electron chi connectivity index (χ2n) is 8.21. The number of carboxylic acid groups (broad SMARTS) is 1. The molecule has 0 aliphatic carbocycles. The lowest BCUT2D eigenvalue weighted by Crippen LogP contribution is -2.33. The van der Waals surface area contributed by atoms with Crippen molar-refractivity contribution in [1.29, 1.82) is 5.41 Å². The van der Waals surface area contributed by atoms with E-state index in [1.165, 1.54) is 29.2 Å². The molecule has 4 rings (SSSR count). The lowest BCUT2D eigenvalue weighted by molar-refractivity contribution is -0.136. The van der Waals surface area contributed by atoms with Crippen LogP contribution >= 0.6 is 0 Å². The summed E-state index contributed by atoms with van der Waals surface area (Å²) in [5.41, 5.74) is 9.17. The van der Waals surface area contributed by atoms with Gasteiger partial charge in [-0.1, -0.05) is 0 Å². The molecule has 184 valence electrons. The summed E-state index contributed by atoms with van der Waals surface area (Å²) in [4.78, 5) is 30.5. The molecule has 1 heterocycles. The van der Waals surface area contributed by atoms with Crippen LogP contribution in [-0.4, -0.2) is 38.9 Å². The third-order valence-corrected chi connectivity index (χ3v) is 5.80. The smallest absolute Gasteiger partial charge is 0.305 e. The molecule has 4 aromatic rings. The lowest BCUT2D eigenvalue weighted by Gasteiger charge is -2.22. The van der Waals surface area contributed by atoms with Crippen molar-refractivity contribution in [2.24, 2.45) is 12.8 Å². The van der Waals surface area contributed by atoms with Crippen molar-refractivity contribution in [3.8, 4) is 0 Å². The number of nitrogen functional groups attached to an aromatic ring is 1. The Balaban J connectivity index is 1.56. The molecule has 0 radical (unpaired) electrons. The first kappa shape index (κ1) is 24.4.